The van der Waals surface area contributed by atoms with Gasteiger partial charge in [0.25, 0.3) is 0 Å². The van der Waals surface area contributed by atoms with Crippen LogP contribution < -0.4 is 10.1 Å². The van der Waals surface area contributed by atoms with E-state index in [4.69, 9.17) is 9.26 Å². The monoisotopic (exact) mass is 371 g/mol. The van der Waals surface area contributed by atoms with Gasteiger partial charge in [-0.05, 0) is 57.5 Å². The Kier molecular flexibility index (Phi) is 6.50. The van der Waals surface area contributed by atoms with E-state index in [1.54, 1.807) is 7.11 Å². The summed E-state index contributed by atoms with van der Waals surface area (Å²) < 4.78 is 10.4. The first-order valence-corrected chi connectivity index (χ1v) is 9.65. The van der Waals surface area contributed by atoms with Crippen molar-refractivity contribution in [1.82, 2.24) is 15.4 Å². The molecule has 6 heteroatoms. The molecule has 0 bridgehead atoms. The number of carbonyl (C=O) groups is 1. The molecule has 1 aliphatic heterocycles. The molecular formula is C21H29N3O3. The molecular weight excluding hydrogens is 342 g/mol. The van der Waals surface area contributed by atoms with Crippen LogP contribution in [0.1, 0.15) is 47.9 Å². The highest BCUT2D eigenvalue weighted by molar-refractivity contribution is 5.79. The zero-order valence-electron chi connectivity index (χ0n) is 16.5. The number of likely N-dealkylation sites (tertiary alicyclic amines) is 1. The third-order valence-corrected chi connectivity index (χ3v) is 5.34. The lowest BCUT2D eigenvalue weighted by molar-refractivity contribution is -0.120. The minimum atomic E-state index is -0.0000730. The Morgan fingerprint density at radius 2 is 1.93 bits per heavy atom. The number of aromatic nitrogens is 1. The summed E-state index contributed by atoms with van der Waals surface area (Å²) in [6.45, 7) is 6.44. The number of rotatable bonds is 7. The van der Waals surface area contributed by atoms with Crippen LogP contribution in [0.2, 0.25) is 0 Å². The fraction of sp³-hybridized carbons (Fsp3) is 0.524. The fourth-order valence-electron chi connectivity index (χ4n) is 3.70. The van der Waals surface area contributed by atoms with Crippen molar-refractivity contribution in [3.05, 3.63) is 46.8 Å². The maximum atomic E-state index is 12.5. The second-order valence-electron chi connectivity index (χ2n) is 7.17. The molecule has 1 N–H and O–H groups in total. The number of ether oxygens (including phenoxy) is 1. The van der Waals surface area contributed by atoms with Gasteiger partial charge in [0.2, 0.25) is 5.91 Å². The van der Waals surface area contributed by atoms with Gasteiger partial charge in [-0.3, -0.25) is 9.69 Å². The Bertz CT molecular complexity index is 729. The van der Waals surface area contributed by atoms with Gasteiger partial charge in [-0.25, -0.2) is 0 Å². The van der Waals surface area contributed by atoms with Gasteiger partial charge in [-0.2, -0.15) is 0 Å². The first kappa shape index (κ1) is 19.4. The zero-order chi connectivity index (χ0) is 19.2. The quantitative estimate of drug-likeness (QED) is 0.810. The van der Waals surface area contributed by atoms with Gasteiger partial charge in [0.15, 0.2) is 0 Å². The van der Waals surface area contributed by atoms with Crippen LogP contribution in [0.4, 0.5) is 0 Å². The molecule has 0 radical (unpaired) electrons. The van der Waals surface area contributed by atoms with E-state index in [9.17, 15) is 4.79 Å². The first-order chi connectivity index (χ1) is 13.1. The number of carbonyl (C=O) groups excluding carboxylic acids is 1. The number of nitrogens with one attached hydrogen (secondary N) is 1. The molecule has 2 heterocycles. The minimum absolute atomic E-state index is 0.0000730. The smallest absolute Gasteiger partial charge is 0.224 e. The van der Waals surface area contributed by atoms with Crippen molar-refractivity contribution >= 4 is 5.91 Å². The van der Waals surface area contributed by atoms with Crippen LogP contribution in [0.5, 0.6) is 5.75 Å². The summed E-state index contributed by atoms with van der Waals surface area (Å²) in [5.41, 5.74) is 2.87. The Balaban J connectivity index is 1.67. The van der Waals surface area contributed by atoms with Crippen molar-refractivity contribution < 1.29 is 14.1 Å². The molecule has 6 nitrogen and oxygen atoms in total. The number of methoxy groups -OCH3 is 1. The summed E-state index contributed by atoms with van der Waals surface area (Å²) in [6, 6.07) is 8.33. The molecule has 146 valence electrons. The Morgan fingerprint density at radius 3 is 2.52 bits per heavy atom. The predicted molar refractivity (Wildman–Crippen MR) is 104 cm³/mol. The van der Waals surface area contributed by atoms with Gasteiger partial charge < -0.3 is 14.6 Å². The van der Waals surface area contributed by atoms with Crippen molar-refractivity contribution in [2.45, 2.75) is 45.6 Å². The van der Waals surface area contributed by atoms with Crippen molar-refractivity contribution in [2.75, 3.05) is 26.7 Å². The molecule has 1 aromatic carbocycles. The number of nitrogens with zero attached hydrogens (tertiary/aromatic N) is 2. The lowest BCUT2D eigenvalue weighted by Gasteiger charge is -2.35. The molecule has 1 atom stereocenters. The van der Waals surface area contributed by atoms with E-state index in [-0.39, 0.29) is 11.9 Å². The van der Waals surface area contributed by atoms with Crippen LogP contribution in [0.3, 0.4) is 0 Å². The molecule has 1 saturated heterocycles. The minimum Gasteiger partial charge on any atom is -0.497 e. The van der Waals surface area contributed by atoms with Crippen LogP contribution in [-0.2, 0) is 11.2 Å². The molecule has 1 amide bonds. The largest absolute Gasteiger partial charge is 0.497 e. The van der Waals surface area contributed by atoms with Crippen LogP contribution in [0, 0.1) is 13.8 Å². The molecule has 0 unspecified atom stereocenters. The zero-order valence-corrected chi connectivity index (χ0v) is 16.5. The van der Waals surface area contributed by atoms with E-state index in [1.807, 2.05) is 26.0 Å². The maximum Gasteiger partial charge on any atom is 0.224 e. The van der Waals surface area contributed by atoms with E-state index in [0.29, 0.717) is 18.7 Å². The molecule has 0 saturated carbocycles. The highest BCUT2D eigenvalue weighted by atomic mass is 16.5. The predicted octanol–water partition coefficient (Wildman–Crippen LogP) is 3.19. The van der Waals surface area contributed by atoms with Gasteiger partial charge in [0, 0.05) is 12.1 Å². The third kappa shape index (κ3) is 4.89. The summed E-state index contributed by atoms with van der Waals surface area (Å²) in [6.07, 6.45) is 4.00. The SMILES string of the molecule is COc1ccc([C@H](CNC(=O)Cc2c(C)noc2C)N2CCCCC2)cc1. The fourth-order valence-corrected chi connectivity index (χ4v) is 3.70. The van der Waals surface area contributed by atoms with Gasteiger partial charge in [-0.15, -0.1) is 0 Å². The molecule has 0 spiro atoms. The molecule has 2 aromatic rings. The lowest BCUT2D eigenvalue weighted by Crippen LogP contribution is -2.41. The molecule has 3 rings (SSSR count). The van der Waals surface area contributed by atoms with Gasteiger partial charge in [-0.1, -0.05) is 23.7 Å². The van der Waals surface area contributed by atoms with Crippen LogP contribution in [0.15, 0.2) is 28.8 Å². The topological polar surface area (TPSA) is 67.6 Å². The number of hydrogen-bond acceptors (Lipinski definition) is 5. The average molecular weight is 371 g/mol. The van der Waals surface area contributed by atoms with Crippen LogP contribution in [0.25, 0.3) is 0 Å². The summed E-state index contributed by atoms with van der Waals surface area (Å²) in [7, 11) is 1.67. The Hall–Kier alpha value is -2.34. The number of aryl methyl sites for hydroxylation is 2. The van der Waals surface area contributed by atoms with Crippen molar-refractivity contribution in [3.8, 4) is 5.75 Å². The number of hydrogen-bond donors (Lipinski definition) is 1. The summed E-state index contributed by atoms with van der Waals surface area (Å²) in [5, 5.41) is 7.05. The summed E-state index contributed by atoms with van der Waals surface area (Å²) in [5.74, 6) is 1.56. The highest BCUT2D eigenvalue weighted by Crippen LogP contribution is 2.26. The van der Waals surface area contributed by atoms with Crippen molar-refractivity contribution in [1.29, 1.82) is 0 Å². The van der Waals surface area contributed by atoms with Crippen molar-refractivity contribution in [3.63, 3.8) is 0 Å². The van der Waals surface area contributed by atoms with E-state index < -0.39 is 0 Å². The van der Waals surface area contributed by atoms with E-state index in [1.165, 1.54) is 24.8 Å². The van der Waals surface area contributed by atoms with E-state index >= 15 is 0 Å². The number of amides is 1. The molecule has 1 aliphatic rings. The number of piperidine rings is 1. The van der Waals surface area contributed by atoms with E-state index in [0.717, 1.165) is 30.1 Å². The molecule has 0 aliphatic carbocycles. The third-order valence-electron chi connectivity index (χ3n) is 5.34. The summed E-state index contributed by atoms with van der Waals surface area (Å²) >= 11 is 0. The van der Waals surface area contributed by atoms with Crippen molar-refractivity contribution in [2.24, 2.45) is 0 Å². The lowest BCUT2D eigenvalue weighted by atomic mass is 10.0. The van der Waals surface area contributed by atoms with E-state index in [2.05, 4.69) is 27.5 Å². The van der Waals surface area contributed by atoms with Gasteiger partial charge in [0.1, 0.15) is 11.5 Å². The standard InChI is InChI=1S/C21H29N3O3/c1-15-19(16(2)27-23-15)13-21(25)22-14-20(24-11-5-4-6-12-24)17-7-9-18(26-3)10-8-17/h7-10,20H,4-6,11-14H2,1-3H3,(H,22,25)/t20-/m0/s1. The molecule has 1 fully saturated rings. The Morgan fingerprint density at radius 1 is 1.22 bits per heavy atom. The summed E-state index contributed by atoms with van der Waals surface area (Å²) in [4.78, 5) is 15.0. The molecule has 1 aromatic heterocycles. The number of benzene rings is 1. The Labute approximate surface area is 160 Å². The second kappa shape index (κ2) is 9.04. The normalized spacial score (nSPS) is 16.1. The van der Waals surface area contributed by atoms with Crippen LogP contribution in [-0.4, -0.2) is 42.7 Å². The van der Waals surface area contributed by atoms with Gasteiger partial charge in [0.05, 0.1) is 25.3 Å². The molecule has 27 heavy (non-hydrogen) atoms. The maximum absolute atomic E-state index is 12.5. The average Bonchev–Trinajstić information content (AvgIpc) is 3.01. The highest BCUT2D eigenvalue weighted by Gasteiger charge is 2.23. The second-order valence-corrected chi connectivity index (χ2v) is 7.17. The first-order valence-electron chi connectivity index (χ1n) is 9.65. The van der Waals surface area contributed by atoms with Crippen LogP contribution >= 0.6 is 0 Å². The van der Waals surface area contributed by atoms with Gasteiger partial charge >= 0.3 is 0 Å².